The summed E-state index contributed by atoms with van der Waals surface area (Å²) in [7, 11) is 4.65. The summed E-state index contributed by atoms with van der Waals surface area (Å²) in [5.74, 6) is 1.26. The Morgan fingerprint density at radius 2 is 1.67 bits per heavy atom. The molecule has 48 heavy (non-hydrogen) atoms. The number of anilines is 1. The summed E-state index contributed by atoms with van der Waals surface area (Å²) in [6.07, 6.45) is 3.07. The molecular formula is C36H44N4O8. The highest BCUT2D eigenvalue weighted by atomic mass is 16.5. The SMILES string of the molecule is COc1cc2c(c(OC)c1OC)-c1ccc(NC(CC(C)C)C(=O)N3CCN(C(=O)c4ccco4)CC3)c(=O)cc1C(NC(C)=O)CC2. The first-order valence-electron chi connectivity index (χ1n) is 16.2. The van der Waals surface area contributed by atoms with Gasteiger partial charge in [-0.2, -0.15) is 0 Å². The summed E-state index contributed by atoms with van der Waals surface area (Å²) < 4.78 is 22.4. The van der Waals surface area contributed by atoms with Gasteiger partial charge in [0.05, 0.1) is 39.3 Å². The first kappa shape index (κ1) is 34.3. The van der Waals surface area contributed by atoms with E-state index < -0.39 is 12.1 Å². The zero-order valence-electron chi connectivity index (χ0n) is 28.4. The van der Waals surface area contributed by atoms with E-state index in [-0.39, 0.29) is 40.5 Å². The van der Waals surface area contributed by atoms with Crippen LogP contribution < -0.4 is 30.3 Å². The molecule has 12 nitrogen and oxygen atoms in total. The van der Waals surface area contributed by atoms with Crippen LogP contribution in [-0.4, -0.2) is 81.1 Å². The summed E-state index contributed by atoms with van der Waals surface area (Å²) in [6, 6.07) is 9.14. The Morgan fingerprint density at radius 1 is 0.958 bits per heavy atom. The average Bonchev–Trinajstić information content (AvgIpc) is 3.52. The van der Waals surface area contributed by atoms with Crippen molar-refractivity contribution in [3.8, 4) is 28.4 Å². The Bertz CT molecular complexity index is 1710. The Hall–Kier alpha value is -5.00. The molecule has 2 unspecified atom stereocenters. The molecule has 2 aromatic carbocycles. The number of fused-ring (bicyclic) bond motifs is 3. The number of nitrogens with one attached hydrogen (secondary N) is 2. The second-order valence-corrected chi connectivity index (χ2v) is 12.5. The summed E-state index contributed by atoms with van der Waals surface area (Å²) in [5, 5.41) is 6.30. The Balaban J connectivity index is 1.50. The molecule has 2 aliphatic rings. The summed E-state index contributed by atoms with van der Waals surface area (Å²) in [5.41, 5.74) is 2.95. The predicted octanol–water partition coefficient (Wildman–Crippen LogP) is 4.27. The molecule has 0 radical (unpaired) electrons. The highest BCUT2D eigenvalue weighted by molar-refractivity contribution is 5.92. The topological polar surface area (TPSA) is 140 Å². The zero-order valence-corrected chi connectivity index (χ0v) is 28.4. The molecule has 0 bridgehead atoms. The third-order valence-electron chi connectivity index (χ3n) is 8.86. The van der Waals surface area contributed by atoms with Crippen molar-refractivity contribution in [3.63, 3.8) is 0 Å². The molecule has 2 N–H and O–H groups in total. The first-order valence-corrected chi connectivity index (χ1v) is 16.2. The number of piperazine rings is 1. The van der Waals surface area contributed by atoms with Crippen LogP contribution in [-0.2, 0) is 16.0 Å². The van der Waals surface area contributed by atoms with Crippen LogP contribution in [0, 0.1) is 5.92 Å². The molecule has 0 saturated carbocycles. The molecule has 1 fully saturated rings. The number of benzene rings is 1. The van der Waals surface area contributed by atoms with Gasteiger partial charge in [-0.1, -0.05) is 19.9 Å². The normalized spacial score (nSPS) is 16.3. The van der Waals surface area contributed by atoms with E-state index in [0.29, 0.717) is 73.8 Å². The van der Waals surface area contributed by atoms with E-state index in [1.165, 1.54) is 20.3 Å². The number of hydrogen-bond acceptors (Lipinski definition) is 9. The van der Waals surface area contributed by atoms with Gasteiger partial charge in [0.1, 0.15) is 6.04 Å². The summed E-state index contributed by atoms with van der Waals surface area (Å²) >= 11 is 0. The minimum atomic E-state index is -0.676. The lowest BCUT2D eigenvalue weighted by Crippen LogP contribution is -2.54. The largest absolute Gasteiger partial charge is 0.493 e. The highest BCUT2D eigenvalue weighted by Gasteiger charge is 2.32. The van der Waals surface area contributed by atoms with Gasteiger partial charge in [-0.15, -0.1) is 0 Å². The number of nitrogens with zero attached hydrogens (tertiary/aromatic N) is 2. The third-order valence-corrected chi connectivity index (χ3v) is 8.86. The number of carbonyl (C=O) groups excluding carboxylic acids is 3. The van der Waals surface area contributed by atoms with Gasteiger partial charge in [0.15, 0.2) is 17.3 Å². The zero-order chi connectivity index (χ0) is 34.5. The van der Waals surface area contributed by atoms with Crippen molar-refractivity contribution in [1.82, 2.24) is 15.1 Å². The predicted molar refractivity (Wildman–Crippen MR) is 181 cm³/mol. The molecule has 12 heteroatoms. The van der Waals surface area contributed by atoms with E-state index in [2.05, 4.69) is 10.6 Å². The van der Waals surface area contributed by atoms with Gasteiger partial charge < -0.3 is 39.1 Å². The highest BCUT2D eigenvalue weighted by Crippen LogP contribution is 2.50. The summed E-state index contributed by atoms with van der Waals surface area (Å²) in [4.78, 5) is 56.4. The van der Waals surface area contributed by atoms with E-state index in [1.807, 2.05) is 26.0 Å². The maximum absolute atomic E-state index is 13.9. The minimum Gasteiger partial charge on any atom is -0.493 e. The fourth-order valence-electron chi connectivity index (χ4n) is 6.61. The van der Waals surface area contributed by atoms with E-state index in [0.717, 1.165) is 11.1 Å². The molecule has 1 aliphatic heterocycles. The fourth-order valence-corrected chi connectivity index (χ4v) is 6.61. The maximum atomic E-state index is 13.9. The monoisotopic (exact) mass is 660 g/mol. The van der Waals surface area contributed by atoms with Crippen LogP contribution in [0.3, 0.4) is 0 Å². The maximum Gasteiger partial charge on any atom is 0.289 e. The van der Waals surface area contributed by atoms with Crippen LogP contribution in [0.5, 0.6) is 17.2 Å². The van der Waals surface area contributed by atoms with Crippen molar-refractivity contribution < 1.29 is 33.0 Å². The number of aryl methyl sites for hydroxylation is 1. The average molecular weight is 661 g/mol. The van der Waals surface area contributed by atoms with Crippen LogP contribution in [0.15, 0.2) is 51.9 Å². The molecule has 0 spiro atoms. The smallest absolute Gasteiger partial charge is 0.289 e. The van der Waals surface area contributed by atoms with E-state index in [1.54, 1.807) is 48.3 Å². The molecule has 3 aromatic rings. The number of rotatable bonds is 10. The molecule has 2 atom stereocenters. The van der Waals surface area contributed by atoms with Crippen molar-refractivity contribution in [3.05, 3.63) is 69.8 Å². The van der Waals surface area contributed by atoms with Gasteiger partial charge in [-0.3, -0.25) is 19.2 Å². The van der Waals surface area contributed by atoms with Gasteiger partial charge in [0, 0.05) is 38.7 Å². The molecule has 3 amide bonds. The van der Waals surface area contributed by atoms with Gasteiger partial charge in [-0.05, 0) is 72.2 Å². The number of amides is 3. The lowest BCUT2D eigenvalue weighted by atomic mass is 9.95. The van der Waals surface area contributed by atoms with Crippen LogP contribution in [0.2, 0.25) is 0 Å². The molecule has 1 aromatic heterocycles. The first-order chi connectivity index (χ1) is 23.1. The molecular weight excluding hydrogens is 616 g/mol. The van der Waals surface area contributed by atoms with Crippen molar-refractivity contribution in [2.75, 3.05) is 52.8 Å². The molecule has 256 valence electrons. The Labute approximate surface area is 280 Å². The van der Waals surface area contributed by atoms with Crippen LogP contribution in [0.4, 0.5) is 5.69 Å². The fraction of sp³-hybridized carbons (Fsp3) is 0.444. The number of ether oxygens (including phenoxy) is 3. The second-order valence-electron chi connectivity index (χ2n) is 12.5. The summed E-state index contributed by atoms with van der Waals surface area (Å²) in [6.45, 7) is 6.98. The van der Waals surface area contributed by atoms with Crippen molar-refractivity contribution in [2.24, 2.45) is 5.92 Å². The lowest BCUT2D eigenvalue weighted by Gasteiger charge is -2.36. The molecule has 1 saturated heterocycles. The molecule has 1 aliphatic carbocycles. The van der Waals surface area contributed by atoms with E-state index in [9.17, 15) is 19.2 Å². The number of methoxy groups -OCH3 is 3. The van der Waals surface area contributed by atoms with Gasteiger partial charge in [-0.25, -0.2) is 0 Å². The van der Waals surface area contributed by atoms with Crippen molar-refractivity contribution in [1.29, 1.82) is 0 Å². The quantitative estimate of drug-likeness (QED) is 0.327. The number of furan rings is 1. The van der Waals surface area contributed by atoms with Crippen LogP contribution in [0.1, 0.15) is 61.3 Å². The van der Waals surface area contributed by atoms with Gasteiger partial charge in [0.2, 0.25) is 23.0 Å². The Kier molecular flexibility index (Phi) is 10.6. The molecule has 2 heterocycles. The standard InChI is InChI=1S/C36H44N4O8/c1-21(2)18-28(35(43)39-13-15-40(16-14-39)36(44)30-8-7-17-48-30)38-27-12-10-24-25(20-29(27)42)26(37-22(3)41)11-9-23-19-31(45-4)33(46-5)34(47-6)32(23)24/h7-8,10,12,17,19-21,26,28H,9,11,13-16,18H2,1-6H3,(H,37,41)(H,38,42). The number of hydrogen-bond donors (Lipinski definition) is 2. The molecule has 5 rings (SSSR count). The Morgan fingerprint density at radius 3 is 2.27 bits per heavy atom. The third kappa shape index (κ3) is 7.12. The van der Waals surface area contributed by atoms with E-state index in [4.69, 9.17) is 18.6 Å². The number of carbonyl (C=O) groups is 3. The van der Waals surface area contributed by atoms with Gasteiger partial charge >= 0.3 is 0 Å². The van der Waals surface area contributed by atoms with Crippen LogP contribution >= 0.6 is 0 Å². The lowest BCUT2D eigenvalue weighted by molar-refractivity contribution is -0.133. The minimum absolute atomic E-state index is 0.138. The van der Waals surface area contributed by atoms with Crippen molar-refractivity contribution in [2.45, 2.75) is 52.1 Å². The van der Waals surface area contributed by atoms with Crippen LogP contribution in [0.25, 0.3) is 11.1 Å². The van der Waals surface area contributed by atoms with Crippen molar-refractivity contribution >= 4 is 23.4 Å². The second kappa shape index (κ2) is 14.8. The van der Waals surface area contributed by atoms with E-state index >= 15 is 0 Å². The van der Waals surface area contributed by atoms with Gasteiger partial charge in [0.25, 0.3) is 5.91 Å².